The third-order valence-corrected chi connectivity index (χ3v) is 5.91. The van der Waals surface area contributed by atoms with Crippen molar-refractivity contribution in [2.45, 2.75) is 13.8 Å². The largest absolute Gasteiger partial charge is 0.495 e. The van der Waals surface area contributed by atoms with Gasteiger partial charge in [-0.15, -0.1) is 0 Å². The standard InChI is InChI=1S/C29H33N5O2/c1-4-34(5-2)19-20-36-24-17-15-23(16-18-24)31-29-30-21-25(22-11-7-6-8-12-22)28(33-29)32-26-13-9-10-14-27(26)35-3/h6-18,21H,4-5,19-20H2,1-3H3,(H2,30,31,32,33). The molecule has 2 N–H and O–H groups in total. The minimum absolute atomic E-state index is 0.488. The Morgan fingerprint density at radius 2 is 1.56 bits per heavy atom. The first-order chi connectivity index (χ1) is 17.7. The molecule has 3 aromatic carbocycles. The van der Waals surface area contributed by atoms with E-state index in [4.69, 9.17) is 14.5 Å². The molecule has 0 bridgehead atoms. The van der Waals surface area contributed by atoms with Gasteiger partial charge in [-0.25, -0.2) is 4.98 Å². The highest BCUT2D eigenvalue weighted by atomic mass is 16.5. The fourth-order valence-corrected chi connectivity index (χ4v) is 3.84. The van der Waals surface area contributed by atoms with Crippen LogP contribution >= 0.6 is 0 Å². The Balaban J connectivity index is 1.52. The molecule has 0 saturated carbocycles. The van der Waals surface area contributed by atoms with E-state index in [2.05, 4.69) is 34.4 Å². The highest BCUT2D eigenvalue weighted by molar-refractivity contribution is 5.80. The zero-order valence-corrected chi connectivity index (χ0v) is 21.1. The fourth-order valence-electron chi connectivity index (χ4n) is 3.84. The maximum absolute atomic E-state index is 5.89. The third-order valence-electron chi connectivity index (χ3n) is 5.91. The summed E-state index contributed by atoms with van der Waals surface area (Å²) in [5, 5.41) is 6.73. The van der Waals surface area contributed by atoms with Gasteiger partial charge in [-0.2, -0.15) is 4.98 Å². The summed E-state index contributed by atoms with van der Waals surface area (Å²) in [6, 6.07) is 25.7. The molecule has 36 heavy (non-hydrogen) atoms. The number of ether oxygens (including phenoxy) is 2. The van der Waals surface area contributed by atoms with Gasteiger partial charge in [0, 0.05) is 24.0 Å². The fraction of sp³-hybridized carbons (Fsp3) is 0.241. The number of hydrogen-bond donors (Lipinski definition) is 2. The summed E-state index contributed by atoms with van der Waals surface area (Å²) in [5.41, 5.74) is 3.62. The highest BCUT2D eigenvalue weighted by Gasteiger charge is 2.12. The molecule has 1 heterocycles. The molecule has 7 heteroatoms. The number of para-hydroxylation sites is 2. The van der Waals surface area contributed by atoms with E-state index in [9.17, 15) is 0 Å². The molecule has 0 unspecified atom stereocenters. The zero-order chi connectivity index (χ0) is 25.2. The van der Waals surface area contributed by atoms with Gasteiger partial charge in [0.15, 0.2) is 0 Å². The normalized spacial score (nSPS) is 10.8. The Bertz CT molecular complexity index is 1230. The first-order valence-electron chi connectivity index (χ1n) is 12.2. The molecule has 0 spiro atoms. The number of nitrogens with one attached hydrogen (secondary N) is 2. The summed E-state index contributed by atoms with van der Waals surface area (Å²) in [5.74, 6) is 2.75. The summed E-state index contributed by atoms with van der Waals surface area (Å²) in [6.45, 7) is 7.96. The molecular weight excluding hydrogens is 450 g/mol. The second kappa shape index (κ2) is 12.6. The van der Waals surface area contributed by atoms with Gasteiger partial charge in [-0.05, 0) is 55.1 Å². The molecular formula is C29H33N5O2. The molecule has 1 aromatic heterocycles. The molecule has 186 valence electrons. The Morgan fingerprint density at radius 1 is 0.833 bits per heavy atom. The van der Waals surface area contributed by atoms with E-state index in [0.717, 1.165) is 53.6 Å². The highest BCUT2D eigenvalue weighted by Crippen LogP contribution is 2.33. The lowest BCUT2D eigenvalue weighted by molar-refractivity contribution is 0.223. The van der Waals surface area contributed by atoms with Crippen molar-refractivity contribution in [1.29, 1.82) is 0 Å². The van der Waals surface area contributed by atoms with Gasteiger partial charge >= 0.3 is 0 Å². The maximum Gasteiger partial charge on any atom is 0.229 e. The van der Waals surface area contributed by atoms with Crippen LogP contribution in [0.15, 0.2) is 85.1 Å². The van der Waals surface area contributed by atoms with Crippen LogP contribution in [0.3, 0.4) is 0 Å². The summed E-state index contributed by atoms with van der Waals surface area (Å²) < 4.78 is 11.4. The summed E-state index contributed by atoms with van der Waals surface area (Å²) in [6.07, 6.45) is 1.83. The number of nitrogens with zero attached hydrogens (tertiary/aromatic N) is 3. The van der Waals surface area contributed by atoms with Gasteiger partial charge in [0.25, 0.3) is 0 Å². The minimum Gasteiger partial charge on any atom is -0.495 e. The van der Waals surface area contributed by atoms with E-state index in [1.54, 1.807) is 7.11 Å². The Hall–Kier alpha value is -4.10. The van der Waals surface area contributed by atoms with Crippen LogP contribution in [0, 0.1) is 0 Å². The number of aromatic nitrogens is 2. The van der Waals surface area contributed by atoms with Gasteiger partial charge < -0.3 is 25.0 Å². The van der Waals surface area contributed by atoms with Crippen molar-refractivity contribution in [3.05, 3.63) is 85.1 Å². The van der Waals surface area contributed by atoms with Crippen molar-refractivity contribution >= 4 is 23.1 Å². The lowest BCUT2D eigenvalue weighted by Crippen LogP contribution is -2.27. The maximum atomic E-state index is 5.89. The van der Waals surface area contributed by atoms with Crippen LogP contribution in [-0.4, -0.2) is 48.2 Å². The molecule has 0 fully saturated rings. The average Bonchev–Trinajstić information content (AvgIpc) is 2.93. The molecule has 0 aliphatic heterocycles. The monoisotopic (exact) mass is 483 g/mol. The van der Waals surface area contributed by atoms with Crippen molar-refractivity contribution in [2.75, 3.05) is 44.0 Å². The van der Waals surface area contributed by atoms with E-state index in [1.807, 2.05) is 85.1 Å². The molecule has 0 aliphatic carbocycles. The number of anilines is 4. The molecule has 0 saturated heterocycles. The average molecular weight is 484 g/mol. The lowest BCUT2D eigenvalue weighted by atomic mass is 10.1. The second-order valence-electron chi connectivity index (χ2n) is 8.17. The van der Waals surface area contributed by atoms with E-state index in [1.165, 1.54) is 0 Å². The van der Waals surface area contributed by atoms with E-state index in [0.29, 0.717) is 18.4 Å². The van der Waals surface area contributed by atoms with Crippen molar-refractivity contribution < 1.29 is 9.47 Å². The van der Waals surface area contributed by atoms with Crippen LogP contribution in [0.5, 0.6) is 11.5 Å². The molecule has 7 nitrogen and oxygen atoms in total. The first-order valence-corrected chi connectivity index (χ1v) is 12.2. The number of methoxy groups -OCH3 is 1. The Labute approximate surface area is 213 Å². The van der Waals surface area contributed by atoms with E-state index < -0.39 is 0 Å². The lowest BCUT2D eigenvalue weighted by Gasteiger charge is -2.18. The van der Waals surface area contributed by atoms with Crippen LogP contribution < -0.4 is 20.1 Å². The quantitative estimate of drug-likeness (QED) is 0.243. The van der Waals surface area contributed by atoms with Crippen LogP contribution in [-0.2, 0) is 0 Å². The predicted molar refractivity (Wildman–Crippen MR) is 147 cm³/mol. The molecule has 0 amide bonds. The smallest absolute Gasteiger partial charge is 0.229 e. The van der Waals surface area contributed by atoms with Gasteiger partial charge in [0.2, 0.25) is 5.95 Å². The van der Waals surface area contributed by atoms with Crippen molar-refractivity contribution in [3.63, 3.8) is 0 Å². The van der Waals surface area contributed by atoms with Gasteiger partial charge in [0.1, 0.15) is 23.9 Å². The number of likely N-dealkylation sites (N-methyl/N-ethyl adjacent to an activating group) is 1. The molecule has 4 rings (SSSR count). The molecule has 0 atom stereocenters. The topological polar surface area (TPSA) is 71.5 Å². The van der Waals surface area contributed by atoms with Gasteiger partial charge in [-0.1, -0.05) is 56.3 Å². The SMILES string of the molecule is CCN(CC)CCOc1ccc(Nc2ncc(-c3ccccc3)c(Nc3ccccc3OC)n2)cc1. The Morgan fingerprint density at radius 3 is 2.28 bits per heavy atom. The van der Waals surface area contributed by atoms with Crippen molar-refractivity contribution in [1.82, 2.24) is 14.9 Å². The number of hydrogen-bond acceptors (Lipinski definition) is 7. The number of benzene rings is 3. The van der Waals surface area contributed by atoms with E-state index in [-0.39, 0.29) is 0 Å². The predicted octanol–water partition coefficient (Wildman–Crippen LogP) is 6.36. The summed E-state index contributed by atoms with van der Waals surface area (Å²) >= 11 is 0. The molecule has 0 aliphatic rings. The zero-order valence-electron chi connectivity index (χ0n) is 21.1. The summed E-state index contributed by atoms with van der Waals surface area (Å²) in [7, 11) is 1.66. The molecule has 4 aromatic rings. The minimum atomic E-state index is 0.488. The number of rotatable bonds is 12. The van der Waals surface area contributed by atoms with E-state index >= 15 is 0 Å². The van der Waals surface area contributed by atoms with Crippen molar-refractivity contribution in [2.24, 2.45) is 0 Å². The summed E-state index contributed by atoms with van der Waals surface area (Å²) in [4.78, 5) is 11.7. The Kier molecular flexibility index (Phi) is 8.72. The van der Waals surface area contributed by atoms with Crippen LogP contribution in [0.25, 0.3) is 11.1 Å². The van der Waals surface area contributed by atoms with Crippen molar-refractivity contribution in [3.8, 4) is 22.6 Å². The van der Waals surface area contributed by atoms with Crippen LogP contribution in [0.2, 0.25) is 0 Å². The molecule has 0 radical (unpaired) electrons. The van der Waals surface area contributed by atoms with Crippen LogP contribution in [0.1, 0.15) is 13.8 Å². The second-order valence-corrected chi connectivity index (χ2v) is 8.17. The third kappa shape index (κ3) is 6.52. The van der Waals surface area contributed by atoms with Gasteiger partial charge in [-0.3, -0.25) is 0 Å². The first kappa shape index (κ1) is 25.0. The van der Waals surface area contributed by atoms with Crippen LogP contribution in [0.4, 0.5) is 23.1 Å². The van der Waals surface area contributed by atoms with Gasteiger partial charge in [0.05, 0.1) is 12.8 Å².